The van der Waals surface area contributed by atoms with E-state index in [2.05, 4.69) is 18.9 Å². The Morgan fingerprint density at radius 2 is 2.10 bits per heavy atom. The molecule has 0 spiro atoms. The highest BCUT2D eigenvalue weighted by molar-refractivity contribution is 7.99. The van der Waals surface area contributed by atoms with Crippen molar-refractivity contribution in [1.29, 1.82) is 0 Å². The molecular weight excluding hydrogens is 290 g/mol. The van der Waals surface area contributed by atoms with Gasteiger partial charge in [-0.05, 0) is 26.2 Å². The van der Waals surface area contributed by atoms with Crippen molar-refractivity contribution in [2.45, 2.75) is 70.2 Å². The van der Waals surface area contributed by atoms with E-state index in [0.717, 1.165) is 46.8 Å². The number of nitrogens with zero attached hydrogens (tertiary/aromatic N) is 2. The van der Waals surface area contributed by atoms with Crippen LogP contribution in [0, 0.1) is 0 Å². The minimum atomic E-state index is 0.171. The van der Waals surface area contributed by atoms with Crippen molar-refractivity contribution < 1.29 is 0 Å². The summed E-state index contributed by atoms with van der Waals surface area (Å²) in [6.07, 6.45) is 7.22. The molecule has 1 aliphatic carbocycles. The van der Waals surface area contributed by atoms with Gasteiger partial charge in [-0.1, -0.05) is 31.4 Å². The first-order valence-electron chi connectivity index (χ1n) is 7.76. The SMILES string of the molecule is CCc1nn(CC)c(CC(N)CSC2CCCC2)c1Cl. The van der Waals surface area contributed by atoms with Gasteiger partial charge >= 0.3 is 0 Å². The van der Waals surface area contributed by atoms with Gasteiger partial charge in [-0.3, -0.25) is 4.68 Å². The zero-order chi connectivity index (χ0) is 14.5. The third kappa shape index (κ3) is 3.92. The molecule has 1 aromatic rings. The lowest BCUT2D eigenvalue weighted by Crippen LogP contribution is -2.28. The van der Waals surface area contributed by atoms with E-state index in [-0.39, 0.29) is 6.04 Å². The Bertz CT molecular complexity index is 427. The standard InChI is InChI=1S/C15H26ClN3S/c1-3-13-15(16)14(19(4-2)18-13)9-11(17)10-20-12-7-5-6-8-12/h11-12H,3-10,17H2,1-2H3. The maximum atomic E-state index is 6.43. The lowest BCUT2D eigenvalue weighted by atomic mass is 10.1. The monoisotopic (exact) mass is 315 g/mol. The number of aromatic nitrogens is 2. The second-order valence-electron chi connectivity index (χ2n) is 5.58. The third-order valence-electron chi connectivity index (χ3n) is 4.00. The summed E-state index contributed by atoms with van der Waals surface area (Å²) in [6.45, 7) is 5.05. The van der Waals surface area contributed by atoms with Gasteiger partial charge in [0.1, 0.15) is 0 Å². The molecule has 1 aromatic heterocycles. The Labute approximate surface area is 131 Å². The molecule has 3 nitrogen and oxygen atoms in total. The van der Waals surface area contributed by atoms with Crippen molar-refractivity contribution in [2.75, 3.05) is 5.75 Å². The summed E-state index contributed by atoms with van der Waals surface area (Å²) in [6, 6.07) is 0.171. The minimum absolute atomic E-state index is 0.171. The smallest absolute Gasteiger partial charge is 0.0850 e. The predicted molar refractivity (Wildman–Crippen MR) is 88.7 cm³/mol. The van der Waals surface area contributed by atoms with E-state index < -0.39 is 0 Å². The van der Waals surface area contributed by atoms with E-state index in [0.29, 0.717) is 0 Å². The van der Waals surface area contributed by atoms with Crippen LogP contribution in [0.1, 0.15) is 50.9 Å². The van der Waals surface area contributed by atoms with Crippen LogP contribution in [0.2, 0.25) is 5.02 Å². The van der Waals surface area contributed by atoms with E-state index in [9.17, 15) is 0 Å². The normalized spacial score (nSPS) is 17.8. The molecule has 0 bridgehead atoms. The van der Waals surface area contributed by atoms with Crippen LogP contribution in [0.25, 0.3) is 0 Å². The predicted octanol–water partition coefficient (Wildman–Crippen LogP) is 3.66. The number of rotatable bonds is 7. The summed E-state index contributed by atoms with van der Waals surface area (Å²) in [5.41, 5.74) is 8.42. The van der Waals surface area contributed by atoms with E-state index in [1.54, 1.807) is 0 Å². The highest BCUT2D eigenvalue weighted by Gasteiger charge is 2.20. The fourth-order valence-electron chi connectivity index (χ4n) is 2.83. The van der Waals surface area contributed by atoms with Crippen molar-refractivity contribution in [3.63, 3.8) is 0 Å². The molecule has 1 heterocycles. The van der Waals surface area contributed by atoms with Gasteiger partial charge in [-0.15, -0.1) is 0 Å². The molecule has 114 valence electrons. The summed E-state index contributed by atoms with van der Waals surface area (Å²) in [5, 5.41) is 6.22. The van der Waals surface area contributed by atoms with E-state index in [4.69, 9.17) is 17.3 Å². The molecule has 1 aliphatic rings. The zero-order valence-electron chi connectivity index (χ0n) is 12.6. The molecule has 20 heavy (non-hydrogen) atoms. The van der Waals surface area contributed by atoms with Gasteiger partial charge in [0.25, 0.3) is 0 Å². The average Bonchev–Trinajstić information content (AvgIpc) is 3.06. The van der Waals surface area contributed by atoms with Gasteiger partial charge in [0.15, 0.2) is 0 Å². The largest absolute Gasteiger partial charge is 0.327 e. The Hall–Kier alpha value is -0.190. The number of hydrogen-bond acceptors (Lipinski definition) is 3. The maximum Gasteiger partial charge on any atom is 0.0850 e. The second-order valence-corrected chi connectivity index (χ2v) is 7.29. The Kier molecular flexibility index (Phi) is 6.24. The van der Waals surface area contributed by atoms with Crippen LogP contribution in [0.5, 0.6) is 0 Å². The maximum absolute atomic E-state index is 6.43. The molecule has 0 aliphatic heterocycles. The topological polar surface area (TPSA) is 43.8 Å². The highest BCUT2D eigenvalue weighted by atomic mass is 35.5. The molecule has 1 fully saturated rings. The molecule has 2 N–H and O–H groups in total. The van der Waals surface area contributed by atoms with Gasteiger partial charge in [0.05, 0.1) is 16.4 Å². The molecule has 0 amide bonds. The quantitative estimate of drug-likeness (QED) is 0.835. The number of halogens is 1. The third-order valence-corrected chi connectivity index (χ3v) is 6.00. The van der Waals surface area contributed by atoms with Crippen LogP contribution in [0.3, 0.4) is 0 Å². The van der Waals surface area contributed by atoms with Crippen LogP contribution in [-0.4, -0.2) is 26.8 Å². The first-order chi connectivity index (χ1) is 9.65. The lowest BCUT2D eigenvalue weighted by molar-refractivity contribution is 0.591. The number of thioether (sulfide) groups is 1. The molecule has 0 aromatic carbocycles. The van der Waals surface area contributed by atoms with Crippen LogP contribution in [0.4, 0.5) is 0 Å². The summed E-state index contributed by atoms with van der Waals surface area (Å²) in [4.78, 5) is 0. The van der Waals surface area contributed by atoms with Crippen molar-refractivity contribution >= 4 is 23.4 Å². The summed E-state index contributed by atoms with van der Waals surface area (Å²) in [5.74, 6) is 1.03. The molecule has 1 unspecified atom stereocenters. The highest BCUT2D eigenvalue weighted by Crippen LogP contribution is 2.30. The number of hydrogen-bond donors (Lipinski definition) is 1. The van der Waals surface area contributed by atoms with E-state index in [1.165, 1.54) is 25.7 Å². The van der Waals surface area contributed by atoms with E-state index >= 15 is 0 Å². The van der Waals surface area contributed by atoms with Crippen LogP contribution in [0.15, 0.2) is 0 Å². The number of nitrogens with two attached hydrogens (primary N) is 1. The van der Waals surface area contributed by atoms with E-state index in [1.807, 2.05) is 16.4 Å². The molecule has 2 rings (SSSR count). The first kappa shape index (κ1) is 16.2. The summed E-state index contributed by atoms with van der Waals surface area (Å²) in [7, 11) is 0. The van der Waals surface area contributed by atoms with Crippen molar-refractivity contribution in [3.8, 4) is 0 Å². The molecule has 0 saturated heterocycles. The molecule has 0 radical (unpaired) electrons. The van der Waals surface area contributed by atoms with Crippen LogP contribution >= 0.6 is 23.4 Å². The van der Waals surface area contributed by atoms with Crippen LogP contribution in [-0.2, 0) is 19.4 Å². The Balaban J connectivity index is 1.92. The fourth-order valence-corrected chi connectivity index (χ4v) is 4.48. The molecule has 1 atom stereocenters. The Morgan fingerprint density at radius 3 is 2.70 bits per heavy atom. The van der Waals surface area contributed by atoms with Gasteiger partial charge in [-0.2, -0.15) is 16.9 Å². The fraction of sp³-hybridized carbons (Fsp3) is 0.800. The van der Waals surface area contributed by atoms with Crippen molar-refractivity contribution in [1.82, 2.24) is 9.78 Å². The summed E-state index contributed by atoms with van der Waals surface area (Å²) >= 11 is 8.48. The second kappa shape index (κ2) is 7.71. The van der Waals surface area contributed by atoms with Crippen molar-refractivity contribution in [3.05, 3.63) is 16.4 Å². The lowest BCUT2D eigenvalue weighted by Gasteiger charge is -2.15. The first-order valence-corrected chi connectivity index (χ1v) is 9.19. The molecule has 1 saturated carbocycles. The van der Waals surface area contributed by atoms with Gasteiger partial charge < -0.3 is 5.73 Å². The number of aryl methyl sites for hydroxylation is 2. The summed E-state index contributed by atoms with van der Waals surface area (Å²) < 4.78 is 2.02. The van der Waals surface area contributed by atoms with Gasteiger partial charge in [-0.25, -0.2) is 0 Å². The minimum Gasteiger partial charge on any atom is -0.327 e. The molecular formula is C15H26ClN3S. The molecule has 5 heteroatoms. The average molecular weight is 316 g/mol. The zero-order valence-corrected chi connectivity index (χ0v) is 14.1. The van der Waals surface area contributed by atoms with Crippen molar-refractivity contribution in [2.24, 2.45) is 5.73 Å². The van der Waals surface area contributed by atoms with Crippen LogP contribution < -0.4 is 5.73 Å². The van der Waals surface area contributed by atoms with Gasteiger partial charge in [0.2, 0.25) is 0 Å². The Morgan fingerprint density at radius 1 is 1.40 bits per heavy atom. The van der Waals surface area contributed by atoms with Gasteiger partial charge in [0, 0.05) is 30.0 Å².